The molecule has 3 nitrogen and oxygen atoms in total. The van der Waals surface area contributed by atoms with Crippen molar-refractivity contribution in [3.63, 3.8) is 0 Å². The highest BCUT2D eigenvalue weighted by molar-refractivity contribution is 6.74. The fourth-order valence-corrected chi connectivity index (χ4v) is 4.36. The molecule has 1 atom stereocenters. The van der Waals surface area contributed by atoms with Crippen LogP contribution in [0, 0.1) is 0 Å². The van der Waals surface area contributed by atoms with Gasteiger partial charge in [0.2, 0.25) is 0 Å². The van der Waals surface area contributed by atoms with Gasteiger partial charge in [-0.3, -0.25) is 9.80 Å². The van der Waals surface area contributed by atoms with E-state index in [4.69, 9.17) is 4.43 Å². The Balaban J connectivity index is 1.88. The number of hydrogen-bond acceptors (Lipinski definition) is 3. The van der Waals surface area contributed by atoms with E-state index in [2.05, 4.69) is 80.9 Å². The van der Waals surface area contributed by atoms with E-state index >= 15 is 0 Å². The smallest absolute Gasteiger partial charge is 0.191 e. The lowest BCUT2D eigenvalue weighted by Crippen LogP contribution is -2.53. The van der Waals surface area contributed by atoms with Crippen LogP contribution in [0.2, 0.25) is 18.1 Å². The molecular weight excluding hydrogens is 324 g/mol. The highest BCUT2D eigenvalue weighted by atomic mass is 28.4. The molecule has 0 amide bonds. The summed E-state index contributed by atoms with van der Waals surface area (Å²) in [5.41, 5.74) is 1.42. The van der Waals surface area contributed by atoms with E-state index in [1.165, 1.54) is 18.7 Å². The number of hydrogen-bond donors (Lipinski definition) is 0. The molecule has 1 aliphatic rings. The van der Waals surface area contributed by atoms with Crippen LogP contribution in [0.4, 0.5) is 0 Å². The zero-order chi connectivity index (χ0) is 18.5. The lowest BCUT2D eigenvalue weighted by atomic mass is 10.1. The molecule has 0 N–H and O–H groups in total. The maximum atomic E-state index is 6.44. The van der Waals surface area contributed by atoms with Crippen LogP contribution in [-0.4, -0.2) is 56.9 Å². The molecule has 0 spiro atoms. The quantitative estimate of drug-likeness (QED) is 0.659. The lowest BCUT2D eigenvalue weighted by molar-refractivity contribution is 0.0603. The molecular formula is C21H38N2OSi. The van der Waals surface area contributed by atoms with E-state index in [1.807, 2.05) is 0 Å². The second-order valence-corrected chi connectivity index (χ2v) is 13.7. The zero-order valence-corrected chi connectivity index (χ0v) is 18.2. The molecule has 0 aromatic heterocycles. The minimum atomic E-state index is -1.63. The molecule has 0 bridgehead atoms. The van der Waals surface area contributed by atoms with E-state index in [-0.39, 0.29) is 0 Å². The second-order valence-electron chi connectivity index (χ2n) is 8.90. The minimum Gasteiger partial charge on any atom is -0.417 e. The van der Waals surface area contributed by atoms with E-state index in [1.54, 1.807) is 0 Å². The second kappa shape index (κ2) is 8.80. The summed E-state index contributed by atoms with van der Waals surface area (Å²) in [6, 6.07) is 11.5. The Bertz CT molecular complexity index is 512. The van der Waals surface area contributed by atoms with Crippen molar-refractivity contribution in [2.45, 2.75) is 64.8 Å². The van der Waals surface area contributed by atoms with E-state index in [0.717, 1.165) is 32.7 Å². The first kappa shape index (κ1) is 20.6. The maximum absolute atomic E-state index is 6.44. The lowest BCUT2D eigenvalue weighted by Gasteiger charge is -2.42. The first-order chi connectivity index (χ1) is 11.7. The van der Waals surface area contributed by atoms with Crippen molar-refractivity contribution in [2.75, 3.05) is 32.8 Å². The summed E-state index contributed by atoms with van der Waals surface area (Å²) in [7, 11) is -1.63. The topological polar surface area (TPSA) is 15.7 Å². The number of rotatable bonds is 7. The third kappa shape index (κ3) is 5.92. The normalized spacial score (nSPS) is 20.8. The zero-order valence-electron chi connectivity index (χ0n) is 17.2. The Hall–Kier alpha value is -0.683. The Morgan fingerprint density at radius 2 is 1.80 bits per heavy atom. The predicted molar refractivity (Wildman–Crippen MR) is 111 cm³/mol. The molecule has 1 aliphatic heterocycles. The molecule has 25 heavy (non-hydrogen) atoms. The molecule has 142 valence electrons. The molecule has 1 aromatic carbocycles. The number of nitrogens with zero attached hydrogens (tertiary/aromatic N) is 2. The van der Waals surface area contributed by atoms with Gasteiger partial charge in [0, 0.05) is 38.8 Å². The number of likely N-dealkylation sites (N-methyl/N-ethyl adjacent to an activating group) is 1. The van der Waals surface area contributed by atoms with Crippen LogP contribution < -0.4 is 0 Å². The van der Waals surface area contributed by atoms with Crippen LogP contribution in [0.25, 0.3) is 0 Å². The summed E-state index contributed by atoms with van der Waals surface area (Å²) in [5.74, 6) is 0. The van der Waals surface area contributed by atoms with Crippen molar-refractivity contribution >= 4 is 8.32 Å². The summed E-state index contributed by atoms with van der Waals surface area (Å²) in [4.78, 5) is 5.25. The molecule has 0 saturated carbocycles. The molecule has 4 heteroatoms. The average Bonchev–Trinajstić information content (AvgIpc) is 2.55. The van der Waals surface area contributed by atoms with Crippen LogP contribution in [0.1, 0.15) is 39.7 Å². The summed E-state index contributed by atoms with van der Waals surface area (Å²) in [6.45, 7) is 20.6. The number of piperazine rings is 1. The van der Waals surface area contributed by atoms with Crippen LogP contribution in [0.5, 0.6) is 0 Å². The third-order valence-corrected chi connectivity index (χ3v) is 10.6. The molecule has 0 aliphatic carbocycles. The van der Waals surface area contributed by atoms with Gasteiger partial charge in [-0.05, 0) is 36.7 Å². The van der Waals surface area contributed by atoms with Crippen LogP contribution >= 0.6 is 0 Å². The summed E-state index contributed by atoms with van der Waals surface area (Å²) < 4.78 is 6.44. The van der Waals surface area contributed by atoms with Gasteiger partial charge in [0.25, 0.3) is 0 Å². The van der Waals surface area contributed by atoms with Gasteiger partial charge in [0.15, 0.2) is 8.32 Å². The highest BCUT2D eigenvalue weighted by Crippen LogP contribution is 2.36. The molecule has 0 unspecified atom stereocenters. The third-order valence-electron chi connectivity index (χ3n) is 6.06. The van der Waals surface area contributed by atoms with Crippen molar-refractivity contribution in [2.24, 2.45) is 0 Å². The van der Waals surface area contributed by atoms with Gasteiger partial charge in [-0.1, -0.05) is 58.0 Å². The van der Waals surface area contributed by atoms with E-state index in [0.29, 0.717) is 11.1 Å². The Morgan fingerprint density at radius 1 is 1.12 bits per heavy atom. The molecule has 1 fully saturated rings. The highest BCUT2D eigenvalue weighted by Gasteiger charge is 2.37. The predicted octanol–water partition coefficient (Wildman–Crippen LogP) is 4.60. The Kier molecular flexibility index (Phi) is 7.26. The summed E-state index contributed by atoms with van der Waals surface area (Å²) in [6.07, 6.45) is 1.14. The average molecular weight is 363 g/mol. The summed E-state index contributed by atoms with van der Waals surface area (Å²) >= 11 is 0. The summed E-state index contributed by atoms with van der Waals surface area (Å²) in [5, 5.41) is 0.295. The van der Waals surface area contributed by atoms with Crippen LogP contribution in [0.15, 0.2) is 30.3 Å². The van der Waals surface area contributed by atoms with E-state index < -0.39 is 8.32 Å². The Morgan fingerprint density at radius 3 is 2.40 bits per heavy atom. The van der Waals surface area contributed by atoms with Gasteiger partial charge >= 0.3 is 0 Å². The fourth-order valence-electron chi connectivity index (χ4n) is 3.30. The fraction of sp³-hybridized carbons (Fsp3) is 0.714. The maximum Gasteiger partial charge on any atom is 0.191 e. The van der Waals surface area contributed by atoms with Crippen molar-refractivity contribution in [3.8, 4) is 0 Å². The van der Waals surface area contributed by atoms with Crippen molar-refractivity contribution in [3.05, 3.63) is 35.9 Å². The first-order valence-corrected chi connectivity index (χ1v) is 12.8. The van der Waals surface area contributed by atoms with Gasteiger partial charge < -0.3 is 4.43 Å². The van der Waals surface area contributed by atoms with Crippen LogP contribution in [-0.2, 0) is 11.0 Å². The Labute approximate surface area is 156 Å². The van der Waals surface area contributed by atoms with E-state index in [9.17, 15) is 0 Å². The molecule has 1 aromatic rings. The monoisotopic (exact) mass is 362 g/mol. The van der Waals surface area contributed by atoms with Gasteiger partial charge in [-0.15, -0.1) is 0 Å². The van der Waals surface area contributed by atoms with Crippen LogP contribution in [0.3, 0.4) is 0 Å². The largest absolute Gasteiger partial charge is 0.417 e. The van der Waals surface area contributed by atoms with Gasteiger partial charge in [0.05, 0.1) is 0 Å². The van der Waals surface area contributed by atoms with Gasteiger partial charge in [0.1, 0.15) is 0 Å². The minimum absolute atomic E-state index is 0.295. The standard InChI is InChI=1S/C21H38N2OSi/c1-7-23-15-14-22(17-19-11-9-8-10-12-19)18-20(23)13-16-24-25(5,6)21(2,3)4/h8-12,20H,7,13-18H2,1-6H3/t20-/m1/s1. The van der Waals surface area contributed by atoms with Gasteiger partial charge in [-0.25, -0.2) is 0 Å². The first-order valence-electron chi connectivity index (χ1n) is 9.87. The molecule has 2 rings (SSSR count). The molecule has 1 saturated heterocycles. The van der Waals surface area contributed by atoms with Crippen molar-refractivity contribution in [1.82, 2.24) is 9.80 Å². The van der Waals surface area contributed by atoms with Crippen molar-refractivity contribution < 1.29 is 4.43 Å². The molecule has 0 radical (unpaired) electrons. The number of benzene rings is 1. The SMILES string of the molecule is CCN1CCN(Cc2ccccc2)C[C@H]1CCO[Si](C)(C)C(C)(C)C. The molecule has 1 heterocycles. The van der Waals surface area contributed by atoms with Gasteiger partial charge in [-0.2, -0.15) is 0 Å². The van der Waals surface area contributed by atoms with Crippen molar-refractivity contribution in [1.29, 1.82) is 0 Å².